The first-order valence-electron chi connectivity index (χ1n) is 8.49. The second-order valence-corrected chi connectivity index (χ2v) is 6.49. The molecule has 2 aromatic heterocycles. The lowest BCUT2D eigenvalue weighted by Crippen LogP contribution is -2.03. The number of pyridine rings is 1. The van der Waals surface area contributed by atoms with Crippen molar-refractivity contribution in [2.75, 3.05) is 0 Å². The van der Waals surface area contributed by atoms with Crippen LogP contribution >= 0.6 is 0 Å². The van der Waals surface area contributed by atoms with E-state index in [-0.39, 0.29) is 11.6 Å². The molecule has 0 unspecified atom stereocenters. The zero-order valence-electron chi connectivity index (χ0n) is 14.6. The Bertz CT molecular complexity index is 1100. The number of hydrogen-bond acceptors (Lipinski definition) is 1. The summed E-state index contributed by atoms with van der Waals surface area (Å²) in [6.07, 6.45) is 1.78. The van der Waals surface area contributed by atoms with E-state index in [1.807, 2.05) is 26.0 Å². The molecule has 2 heterocycles. The Morgan fingerprint density at radius 2 is 1.69 bits per heavy atom. The molecule has 4 rings (SSSR count). The van der Waals surface area contributed by atoms with Crippen LogP contribution in [-0.2, 0) is 6.54 Å². The zero-order chi connectivity index (χ0) is 18.3. The average Bonchev–Trinajstić information content (AvgIpc) is 2.88. The molecule has 0 N–H and O–H groups in total. The van der Waals surface area contributed by atoms with Gasteiger partial charge in [-0.25, -0.2) is 8.78 Å². The minimum Gasteiger partial charge on any atom is -0.338 e. The topological polar surface area (TPSA) is 17.8 Å². The molecule has 0 radical (unpaired) electrons. The van der Waals surface area contributed by atoms with Crippen molar-refractivity contribution < 1.29 is 8.78 Å². The van der Waals surface area contributed by atoms with Gasteiger partial charge in [0.25, 0.3) is 0 Å². The maximum absolute atomic E-state index is 13.6. The standard InChI is InChI=1S/C22H18F2N2/c1-14-15(2)26(13-16-4-3-5-19(24)12-16)22-20(10-11-25-21(14)22)17-6-8-18(23)9-7-17/h3-12H,13H2,1-2H3. The van der Waals surface area contributed by atoms with Gasteiger partial charge < -0.3 is 4.57 Å². The van der Waals surface area contributed by atoms with E-state index < -0.39 is 0 Å². The monoisotopic (exact) mass is 348 g/mol. The molecule has 0 aliphatic rings. The fourth-order valence-corrected chi connectivity index (χ4v) is 3.42. The Morgan fingerprint density at radius 1 is 0.923 bits per heavy atom. The number of halogens is 2. The van der Waals surface area contributed by atoms with Crippen molar-refractivity contribution in [2.24, 2.45) is 0 Å². The number of benzene rings is 2. The van der Waals surface area contributed by atoms with E-state index in [1.54, 1.807) is 30.5 Å². The van der Waals surface area contributed by atoms with E-state index in [0.717, 1.165) is 39.0 Å². The van der Waals surface area contributed by atoms with Gasteiger partial charge in [-0.15, -0.1) is 0 Å². The molecular formula is C22H18F2N2. The summed E-state index contributed by atoms with van der Waals surface area (Å²) >= 11 is 0. The van der Waals surface area contributed by atoms with Gasteiger partial charge in [-0.3, -0.25) is 4.98 Å². The quantitative estimate of drug-likeness (QED) is 0.468. The van der Waals surface area contributed by atoms with Gasteiger partial charge >= 0.3 is 0 Å². The molecule has 0 saturated heterocycles. The van der Waals surface area contributed by atoms with Crippen LogP contribution in [0.5, 0.6) is 0 Å². The van der Waals surface area contributed by atoms with Crippen molar-refractivity contribution in [2.45, 2.75) is 20.4 Å². The number of nitrogens with zero attached hydrogens (tertiary/aromatic N) is 2. The van der Waals surface area contributed by atoms with Crippen LogP contribution in [0.15, 0.2) is 60.8 Å². The molecule has 0 spiro atoms. The number of aryl methyl sites for hydroxylation is 1. The third kappa shape index (κ3) is 2.77. The first kappa shape index (κ1) is 16.5. The average molecular weight is 348 g/mol. The first-order valence-corrected chi connectivity index (χ1v) is 8.49. The predicted molar refractivity (Wildman–Crippen MR) is 100 cm³/mol. The molecule has 4 aromatic rings. The smallest absolute Gasteiger partial charge is 0.123 e. The Labute approximate surface area is 150 Å². The lowest BCUT2D eigenvalue weighted by atomic mass is 10.0. The van der Waals surface area contributed by atoms with Gasteiger partial charge in [0.1, 0.15) is 11.6 Å². The van der Waals surface area contributed by atoms with E-state index in [9.17, 15) is 8.78 Å². The molecule has 0 atom stereocenters. The fraction of sp³-hybridized carbons (Fsp3) is 0.136. The third-order valence-corrected chi connectivity index (χ3v) is 4.88. The number of aromatic nitrogens is 2. The van der Waals surface area contributed by atoms with E-state index in [1.165, 1.54) is 18.2 Å². The summed E-state index contributed by atoms with van der Waals surface area (Å²) in [7, 11) is 0. The van der Waals surface area contributed by atoms with E-state index in [2.05, 4.69) is 9.55 Å². The van der Waals surface area contributed by atoms with Gasteiger partial charge in [-0.1, -0.05) is 24.3 Å². The summed E-state index contributed by atoms with van der Waals surface area (Å²) in [6, 6.07) is 15.0. The highest BCUT2D eigenvalue weighted by Crippen LogP contribution is 2.33. The fourth-order valence-electron chi connectivity index (χ4n) is 3.42. The summed E-state index contributed by atoms with van der Waals surface area (Å²) in [6.45, 7) is 4.64. The van der Waals surface area contributed by atoms with Gasteiger partial charge in [-0.2, -0.15) is 0 Å². The maximum Gasteiger partial charge on any atom is 0.123 e. The van der Waals surface area contributed by atoms with Crippen LogP contribution in [-0.4, -0.2) is 9.55 Å². The van der Waals surface area contributed by atoms with Crippen molar-refractivity contribution in [3.8, 4) is 11.1 Å². The largest absolute Gasteiger partial charge is 0.338 e. The Kier molecular flexibility index (Phi) is 4.03. The van der Waals surface area contributed by atoms with Gasteiger partial charge in [0.05, 0.1) is 11.0 Å². The van der Waals surface area contributed by atoms with Gasteiger partial charge in [0, 0.05) is 24.0 Å². The highest BCUT2D eigenvalue weighted by atomic mass is 19.1. The number of fused-ring (bicyclic) bond motifs is 1. The molecule has 2 aromatic carbocycles. The Morgan fingerprint density at radius 3 is 2.42 bits per heavy atom. The van der Waals surface area contributed by atoms with E-state index in [4.69, 9.17) is 0 Å². The molecule has 2 nitrogen and oxygen atoms in total. The number of hydrogen-bond donors (Lipinski definition) is 0. The lowest BCUT2D eigenvalue weighted by molar-refractivity contribution is 0.623. The summed E-state index contributed by atoms with van der Waals surface area (Å²) < 4.78 is 29.1. The van der Waals surface area contributed by atoms with Gasteiger partial charge in [0.2, 0.25) is 0 Å². The molecule has 26 heavy (non-hydrogen) atoms. The molecule has 0 aliphatic heterocycles. The minimum absolute atomic E-state index is 0.245. The van der Waals surface area contributed by atoms with Gasteiger partial charge in [-0.05, 0) is 60.9 Å². The van der Waals surface area contributed by atoms with Crippen molar-refractivity contribution in [1.82, 2.24) is 9.55 Å². The molecule has 0 fully saturated rings. The van der Waals surface area contributed by atoms with Crippen LogP contribution in [0.1, 0.15) is 16.8 Å². The van der Waals surface area contributed by atoms with Crippen LogP contribution in [0.4, 0.5) is 8.78 Å². The van der Waals surface area contributed by atoms with Crippen molar-refractivity contribution in [3.63, 3.8) is 0 Å². The first-order chi connectivity index (χ1) is 12.5. The highest BCUT2D eigenvalue weighted by molar-refractivity contribution is 5.95. The third-order valence-electron chi connectivity index (χ3n) is 4.88. The zero-order valence-corrected chi connectivity index (χ0v) is 14.6. The van der Waals surface area contributed by atoms with Crippen LogP contribution in [0, 0.1) is 25.5 Å². The van der Waals surface area contributed by atoms with Crippen LogP contribution in [0.2, 0.25) is 0 Å². The van der Waals surface area contributed by atoms with E-state index in [0.29, 0.717) is 6.54 Å². The predicted octanol–water partition coefficient (Wildman–Crippen LogP) is 5.65. The van der Waals surface area contributed by atoms with Crippen LogP contribution in [0.3, 0.4) is 0 Å². The maximum atomic E-state index is 13.6. The summed E-state index contributed by atoms with van der Waals surface area (Å²) in [5.41, 5.74) is 6.89. The van der Waals surface area contributed by atoms with E-state index >= 15 is 0 Å². The Balaban J connectivity index is 1.94. The molecule has 0 saturated carbocycles. The Hall–Kier alpha value is -3.01. The molecule has 0 bridgehead atoms. The second kappa shape index (κ2) is 6.37. The molecule has 130 valence electrons. The highest BCUT2D eigenvalue weighted by Gasteiger charge is 2.16. The number of rotatable bonds is 3. The van der Waals surface area contributed by atoms with Crippen LogP contribution < -0.4 is 0 Å². The van der Waals surface area contributed by atoms with Crippen molar-refractivity contribution in [1.29, 1.82) is 0 Å². The summed E-state index contributed by atoms with van der Waals surface area (Å²) in [5.74, 6) is -0.508. The molecule has 0 amide bonds. The van der Waals surface area contributed by atoms with Gasteiger partial charge in [0.15, 0.2) is 0 Å². The summed E-state index contributed by atoms with van der Waals surface area (Å²) in [4.78, 5) is 4.56. The second-order valence-electron chi connectivity index (χ2n) is 6.49. The van der Waals surface area contributed by atoms with Crippen molar-refractivity contribution in [3.05, 3.63) is 89.2 Å². The molecule has 0 aliphatic carbocycles. The van der Waals surface area contributed by atoms with Crippen LogP contribution in [0.25, 0.3) is 22.2 Å². The molecular weight excluding hydrogens is 330 g/mol. The lowest BCUT2D eigenvalue weighted by Gasteiger charge is -2.12. The van der Waals surface area contributed by atoms with Crippen molar-refractivity contribution >= 4 is 11.0 Å². The molecule has 4 heteroatoms. The minimum atomic E-state index is -0.262. The SMILES string of the molecule is Cc1c(C)n(Cc2cccc(F)c2)c2c(-c3ccc(F)cc3)ccnc12. The summed E-state index contributed by atoms with van der Waals surface area (Å²) in [5, 5.41) is 0. The normalized spacial score (nSPS) is 11.2.